The first-order valence-electron chi connectivity index (χ1n) is 4.68. The van der Waals surface area contributed by atoms with Crippen LogP contribution < -0.4 is 0 Å². The number of carbonyl (C=O) groups is 2. The van der Waals surface area contributed by atoms with E-state index in [0.29, 0.717) is 5.56 Å². The molecule has 0 radical (unpaired) electrons. The van der Waals surface area contributed by atoms with Gasteiger partial charge in [-0.3, -0.25) is 4.79 Å². The Hall–Kier alpha value is -1.55. The van der Waals surface area contributed by atoms with Crippen LogP contribution in [-0.4, -0.2) is 23.5 Å². The van der Waals surface area contributed by atoms with Crippen molar-refractivity contribution in [3.8, 4) is 5.75 Å². The molecule has 0 aliphatic heterocycles. The molecule has 1 rings (SSSR count). The first-order valence-corrected chi connectivity index (χ1v) is 5.06. The number of halogens is 1. The zero-order valence-electron chi connectivity index (χ0n) is 8.91. The van der Waals surface area contributed by atoms with E-state index in [0.717, 1.165) is 0 Å². The van der Waals surface area contributed by atoms with Gasteiger partial charge in [0.15, 0.2) is 0 Å². The monoisotopic (exact) mass is 242 g/mol. The van der Waals surface area contributed by atoms with Gasteiger partial charge in [0.1, 0.15) is 5.75 Å². The van der Waals surface area contributed by atoms with Gasteiger partial charge in [0.25, 0.3) is 5.78 Å². The molecule has 1 N–H and O–H groups in total. The van der Waals surface area contributed by atoms with Crippen LogP contribution in [0.1, 0.15) is 22.8 Å². The van der Waals surface area contributed by atoms with Gasteiger partial charge >= 0.3 is 5.97 Å². The summed E-state index contributed by atoms with van der Waals surface area (Å²) in [6.45, 7) is 3.35. The van der Waals surface area contributed by atoms with Crippen LogP contribution in [0.2, 0.25) is 5.02 Å². The van der Waals surface area contributed by atoms with E-state index in [1.807, 2.05) is 0 Å². The van der Waals surface area contributed by atoms with Crippen molar-refractivity contribution < 1.29 is 19.4 Å². The second-order valence-electron chi connectivity index (χ2n) is 3.14. The first-order chi connectivity index (χ1) is 7.49. The summed E-state index contributed by atoms with van der Waals surface area (Å²) in [5, 5.41) is 9.38. The van der Waals surface area contributed by atoms with E-state index < -0.39 is 11.8 Å². The SMILES string of the molecule is CCOC(=O)C(=O)c1ccc(C)c(O)c1Cl. The van der Waals surface area contributed by atoms with Crippen LogP contribution in [0.15, 0.2) is 12.1 Å². The van der Waals surface area contributed by atoms with E-state index in [1.54, 1.807) is 13.8 Å². The second kappa shape index (κ2) is 4.99. The van der Waals surface area contributed by atoms with Crippen LogP contribution in [0, 0.1) is 6.92 Å². The summed E-state index contributed by atoms with van der Waals surface area (Å²) < 4.78 is 4.55. The number of esters is 1. The number of phenols is 1. The summed E-state index contributed by atoms with van der Waals surface area (Å²) in [7, 11) is 0. The van der Waals surface area contributed by atoms with Crippen molar-refractivity contribution in [3.63, 3.8) is 0 Å². The van der Waals surface area contributed by atoms with Gasteiger partial charge in [-0.2, -0.15) is 0 Å². The molecule has 0 saturated carbocycles. The molecule has 0 amide bonds. The maximum atomic E-state index is 11.5. The molecule has 4 nitrogen and oxygen atoms in total. The van der Waals surface area contributed by atoms with Crippen LogP contribution in [0.4, 0.5) is 0 Å². The molecule has 0 bridgehead atoms. The molecule has 0 heterocycles. The fourth-order valence-electron chi connectivity index (χ4n) is 1.14. The van der Waals surface area contributed by atoms with Gasteiger partial charge in [-0.25, -0.2) is 4.79 Å². The minimum absolute atomic E-state index is 0.0526. The Morgan fingerprint density at radius 1 is 1.44 bits per heavy atom. The molecule has 0 atom stereocenters. The summed E-state index contributed by atoms with van der Waals surface area (Å²) in [5.41, 5.74) is 0.480. The lowest BCUT2D eigenvalue weighted by molar-refractivity contribution is -0.137. The molecule has 1 aromatic rings. The molecule has 0 aliphatic carbocycles. The predicted molar refractivity (Wildman–Crippen MR) is 58.8 cm³/mol. The number of carbonyl (C=O) groups excluding carboxylic acids is 2. The number of ether oxygens (including phenoxy) is 1. The van der Waals surface area contributed by atoms with Crippen LogP contribution in [0.5, 0.6) is 5.75 Å². The third kappa shape index (κ3) is 2.33. The second-order valence-corrected chi connectivity index (χ2v) is 3.52. The fourth-order valence-corrected chi connectivity index (χ4v) is 1.44. The van der Waals surface area contributed by atoms with E-state index in [2.05, 4.69) is 4.74 Å². The average Bonchev–Trinajstić information content (AvgIpc) is 2.26. The van der Waals surface area contributed by atoms with Crippen molar-refractivity contribution in [1.82, 2.24) is 0 Å². The van der Waals surface area contributed by atoms with E-state index >= 15 is 0 Å². The molecule has 0 saturated heterocycles. The van der Waals surface area contributed by atoms with Gasteiger partial charge < -0.3 is 9.84 Å². The predicted octanol–water partition coefficient (Wildman–Crippen LogP) is 2.10. The molecule has 16 heavy (non-hydrogen) atoms. The van der Waals surface area contributed by atoms with E-state index in [1.165, 1.54) is 12.1 Å². The molecule has 1 aromatic carbocycles. The number of phenolic OH excluding ortho intramolecular Hbond substituents is 1. The van der Waals surface area contributed by atoms with Gasteiger partial charge in [0.05, 0.1) is 17.2 Å². The third-order valence-corrected chi connectivity index (χ3v) is 2.41. The Morgan fingerprint density at radius 2 is 2.06 bits per heavy atom. The minimum atomic E-state index is -0.979. The molecule has 0 aliphatic rings. The molecule has 86 valence electrons. The van der Waals surface area contributed by atoms with E-state index in [9.17, 15) is 14.7 Å². The highest BCUT2D eigenvalue weighted by Gasteiger charge is 2.22. The van der Waals surface area contributed by atoms with E-state index in [-0.39, 0.29) is 22.9 Å². The Kier molecular flexibility index (Phi) is 3.90. The lowest BCUT2D eigenvalue weighted by Gasteiger charge is -2.06. The number of aryl methyl sites for hydroxylation is 1. The van der Waals surface area contributed by atoms with Crippen LogP contribution in [-0.2, 0) is 9.53 Å². The molecule has 0 aromatic heterocycles. The van der Waals surface area contributed by atoms with Gasteiger partial charge in [0.2, 0.25) is 0 Å². The van der Waals surface area contributed by atoms with Gasteiger partial charge in [-0.05, 0) is 25.5 Å². The Morgan fingerprint density at radius 3 is 2.62 bits per heavy atom. The van der Waals surface area contributed by atoms with Crippen molar-refractivity contribution in [2.45, 2.75) is 13.8 Å². The van der Waals surface area contributed by atoms with Gasteiger partial charge in [0, 0.05) is 0 Å². The lowest BCUT2D eigenvalue weighted by Crippen LogP contribution is -2.17. The number of benzene rings is 1. The highest BCUT2D eigenvalue weighted by Crippen LogP contribution is 2.30. The molecule has 0 fully saturated rings. The van der Waals surface area contributed by atoms with Crippen molar-refractivity contribution in [2.24, 2.45) is 0 Å². The average molecular weight is 243 g/mol. The van der Waals surface area contributed by atoms with Crippen molar-refractivity contribution in [3.05, 3.63) is 28.3 Å². The van der Waals surface area contributed by atoms with Gasteiger partial charge in [-0.15, -0.1) is 0 Å². The summed E-state index contributed by atoms with van der Waals surface area (Å²) in [5.74, 6) is -2.04. The normalized spacial score (nSPS) is 9.94. The van der Waals surface area contributed by atoms with Crippen molar-refractivity contribution in [1.29, 1.82) is 0 Å². The van der Waals surface area contributed by atoms with Crippen molar-refractivity contribution in [2.75, 3.05) is 6.61 Å². The highest BCUT2D eigenvalue weighted by molar-refractivity contribution is 6.46. The van der Waals surface area contributed by atoms with Crippen molar-refractivity contribution >= 4 is 23.4 Å². The minimum Gasteiger partial charge on any atom is -0.506 e. The Labute approximate surface area is 97.8 Å². The number of Topliss-reactive ketones (excluding diaryl/α,β-unsaturated/α-hetero) is 1. The summed E-state index contributed by atoms with van der Waals surface area (Å²) in [6, 6.07) is 2.89. The quantitative estimate of drug-likeness (QED) is 0.501. The number of rotatable bonds is 3. The molecular formula is C11H11ClO4. The summed E-state index contributed by atoms with van der Waals surface area (Å²) in [4.78, 5) is 22.7. The number of ketones is 1. The molecule has 0 unspecified atom stereocenters. The number of hydrogen-bond acceptors (Lipinski definition) is 4. The smallest absolute Gasteiger partial charge is 0.379 e. The topological polar surface area (TPSA) is 63.6 Å². The Balaban J connectivity index is 3.10. The number of hydrogen-bond donors (Lipinski definition) is 1. The first kappa shape index (κ1) is 12.5. The van der Waals surface area contributed by atoms with Crippen LogP contribution in [0.3, 0.4) is 0 Å². The highest BCUT2D eigenvalue weighted by atomic mass is 35.5. The largest absolute Gasteiger partial charge is 0.506 e. The molecule has 0 spiro atoms. The maximum Gasteiger partial charge on any atom is 0.379 e. The van der Waals surface area contributed by atoms with Crippen LogP contribution in [0.25, 0.3) is 0 Å². The molecular weight excluding hydrogens is 232 g/mol. The molecule has 5 heteroatoms. The third-order valence-electron chi connectivity index (χ3n) is 2.02. The fraction of sp³-hybridized carbons (Fsp3) is 0.273. The summed E-state index contributed by atoms with van der Waals surface area (Å²) in [6.07, 6.45) is 0. The van der Waals surface area contributed by atoms with E-state index in [4.69, 9.17) is 11.6 Å². The zero-order valence-corrected chi connectivity index (χ0v) is 9.67. The zero-order chi connectivity index (χ0) is 12.3. The summed E-state index contributed by atoms with van der Waals surface area (Å²) >= 11 is 5.76. The van der Waals surface area contributed by atoms with Gasteiger partial charge in [-0.1, -0.05) is 17.7 Å². The Bertz CT molecular complexity index is 440. The number of aromatic hydroxyl groups is 1. The standard InChI is InChI=1S/C11H11ClO4/c1-3-16-11(15)10(14)7-5-4-6(2)9(13)8(7)12/h4-5,13H,3H2,1-2H3. The maximum absolute atomic E-state index is 11.5. The lowest BCUT2D eigenvalue weighted by atomic mass is 10.1. The van der Waals surface area contributed by atoms with Crippen LogP contribution >= 0.6 is 11.6 Å².